The number of hydrogen-bond donors (Lipinski definition) is 0. The lowest BCUT2D eigenvalue weighted by Gasteiger charge is -2.11. The predicted octanol–water partition coefficient (Wildman–Crippen LogP) is 4.12. The van der Waals surface area contributed by atoms with Gasteiger partial charge >= 0.3 is 0 Å². The van der Waals surface area contributed by atoms with Crippen molar-refractivity contribution < 1.29 is 9.47 Å². The summed E-state index contributed by atoms with van der Waals surface area (Å²) in [6.45, 7) is 10.5. The fourth-order valence-electron chi connectivity index (χ4n) is 1.53. The molecule has 0 spiro atoms. The number of rotatable bonds is 6. The van der Waals surface area contributed by atoms with Crippen molar-refractivity contribution in [1.82, 2.24) is 0 Å². The van der Waals surface area contributed by atoms with Gasteiger partial charge in [0.25, 0.3) is 0 Å². The smallest absolute Gasteiger partial charge is 0.120 e. The van der Waals surface area contributed by atoms with E-state index in [9.17, 15) is 0 Å². The van der Waals surface area contributed by atoms with Crippen molar-refractivity contribution >= 4 is 15.9 Å². The average molecular weight is 301 g/mol. The van der Waals surface area contributed by atoms with Crippen LogP contribution in [0.25, 0.3) is 0 Å². The lowest BCUT2D eigenvalue weighted by Crippen LogP contribution is -2.10. The SMILES string of the molecule is Cc1cc(OCCOCC(C)C)cc(C)c1Br. The predicted molar refractivity (Wildman–Crippen MR) is 74.8 cm³/mol. The normalized spacial score (nSPS) is 10.9. The lowest BCUT2D eigenvalue weighted by atomic mass is 10.1. The molecule has 0 aromatic heterocycles. The Hall–Kier alpha value is -0.540. The quantitative estimate of drug-likeness (QED) is 0.736. The molecule has 0 unspecified atom stereocenters. The largest absolute Gasteiger partial charge is 0.491 e. The van der Waals surface area contributed by atoms with Gasteiger partial charge in [0.15, 0.2) is 0 Å². The zero-order valence-electron chi connectivity index (χ0n) is 11.0. The van der Waals surface area contributed by atoms with Crippen molar-refractivity contribution in [1.29, 1.82) is 0 Å². The summed E-state index contributed by atoms with van der Waals surface area (Å²) >= 11 is 3.54. The Morgan fingerprint density at radius 2 is 1.71 bits per heavy atom. The molecule has 0 fully saturated rings. The van der Waals surface area contributed by atoms with Crippen LogP contribution >= 0.6 is 15.9 Å². The molecular formula is C14H21BrO2. The maximum absolute atomic E-state index is 5.66. The van der Waals surface area contributed by atoms with Gasteiger partial charge in [0, 0.05) is 11.1 Å². The van der Waals surface area contributed by atoms with Crippen molar-refractivity contribution in [3.05, 3.63) is 27.7 Å². The Morgan fingerprint density at radius 1 is 1.12 bits per heavy atom. The molecule has 0 atom stereocenters. The summed E-state index contributed by atoms with van der Waals surface area (Å²) in [5, 5.41) is 0. The van der Waals surface area contributed by atoms with E-state index in [1.165, 1.54) is 11.1 Å². The second-order valence-corrected chi connectivity index (χ2v) is 5.48. The first-order chi connectivity index (χ1) is 8.00. The third kappa shape index (κ3) is 5.09. The van der Waals surface area contributed by atoms with Gasteiger partial charge in [0.2, 0.25) is 0 Å². The highest BCUT2D eigenvalue weighted by Gasteiger charge is 2.03. The van der Waals surface area contributed by atoms with Crippen LogP contribution in [0.1, 0.15) is 25.0 Å². The third-order valence-corrected chi connectivity index (χ3v) is 3.61. The van der Waals surface area contributed by atoms with Crippen LogP contribution in [0.2, 0.25) is 0 Å². The Morgan fingerprint density at radius 3 is 2.24 bits per heavy atom. The van der Waals surface area contributed by atoms with E-state index >= 15 is 0 Å². The molecule has 0 aliphatic heterocycles. The number of hydrogen-bond acceptors (Lipinski definition) is 2. The van der Waals surface area contributed by atoms with Crippen molar-refractivity contribution in [3.63, 3.8) is 0 Å². The highest BCUT2D eigenvalue weighted by Crippen LogP contribution is 2.26. The van der Waals surface area contributed by atoms with Crippen LogP contribution in [-0.4, -0.2) is 19.8 Å². The molecule has 1 aromatic rings. The molecule has 0 N–H and O–H groups in total. The molecule has 0 saturated heterocycles. The van der Waals surface area contributed by atoms with Gasteiger partial charge < -0.3 is 9.47 Å². The van der Waals surface area contributed by atoms with Gasteiger partial charge in [0.1, 0.15) is 12.4 Å². The molecule has 0 radical (unpaired) electrons. The van der Waals surface area contributed by atoms with Crippen LogP contribution in [0.4, 0.5) is 0 Å². The Kier molecular flexibility index (Phi) is 6.00. The van der Waals surface area contributed by atoms with E-state index in [2.05, 4.69) is 43.6 Å². The Labute approximate surface area is 112 Å². The maximum atomic E-state index is 5.66. The zero-order valence-corrected chi connectivity index (χ0v) is 12.6. The first-order valence-corrected chi connectivity index (χ1v) is 6.77. The van der Waals surface area contributed by atoms with Crippen LogP contribution in [0, 0.1) is 19.8 Å². The van der Waals surface area contributed by atoms with Crippen molar-refractivity contribution in [2.75, 3.05) is 19.8 Å². The molecule has 0 aliphatic rings. The molecule has 3 heteroatoms. The second-order valence-electron chi connectivity index (χ2n) is 4.69. The second kappa shape index (κ2) is 7.02. The van der Waals surface area contributed by atoms with Gasteiger partial charge in [0.05, 0.1) is 6.61 Å². The van der Waals surface area contributed by atoms with E-state index in [0.717, 1.165) is 16.8 Å². The summed E-state index contributed by atoms with van der Waals surface area (Å²) in [5.74, 6) is 1.49. The first-order valence-electron chi connectivity index (χ1n) is 5.98. The summed E-state index contributed by atoms with van der Waals surface area (Å²) in [5.41, 5.74) is 2.39. The molecule has 0 saturated carbocycles. The van der Waals surface area contributed by atoms with E-state index < -0.39 is 0 Å². The van der Waals surface area contributed by atoms with E-state index in [1.54, 1.807) is 0 Å². The van der Waals surface area contributed by atoms with E-state index in [1.807, 2.05) is 12.1 Å². The molecule has 1 aromatic carbocycles. The summed E-state index contributed by atoms with van der Waals surface area (Å²) < 4.78 is 12.3. The average Bonchev–Trinajstić information content (AvgIpc) is 2.25. The highest BCUT2D eigenvalue weighted by molar-refractivity contribution is 9.10. The summed E-state index contributed by atoms with van der Waals surface area (Å²) in [6.07, 6.45) is 0. The van der Waals surface area contributed by atoms with Gasteiger partial charge in [-0.05, 0) is 43.0 Å². The topological polar surface area (TPSA) is 18.5 Å². The fourth-order valence-corrected chi connectivity index (χ4v) is 1.76. The van der Waals surface area contributed by atoms with Gasteiger partial charge in [-0.2, -0.15) is 0 Å². The van der Waals surface area contributed by atoms with E-state index in [0.29, 0.717) is 19.1 Å². The highest BCUT2D eigenvalue weighted by atomic mass is 79.9. The number of benzene rings is 1. The van der Waals surface area contributed by atoms with Crippen molar-refractivity contribution in [2.24, 2.45) is 5.92 Å². The standard InChI is InChI=1S/C14H21BrO2/c1-10(2)9-16-5-6-17-13-7-11(3)14(15)12(4)8-13/h7-8,10H,5-6,9H2,1-4H3. The molecular weight excluding hydrogens is 280 g/mol. The van der Waals surface area contributed by atoms with Gasteiger partial charge in [-0.3, -0.25) is 0 Å². The molecule has 0 amide bonds. The third-order valence-electron chi connectivity index (χ3n) is 2.36. The minimum absolute atomic E-state index is 0.576. The molecule has 0 bridgehead atoms. The molecule has 2 nitrogen and oxygen atoms in total. The molecule has 96 valence electrons. The van der Waals surface area contributed by atoms with Crippen LogP contribution in [0.15, 0.2) is 16.6 Å². The van der Waals surface area contributed by atoms with Crippen LogP contribution in [-0.2, 0) is 4.74 Å². The van der Waals surface area contributed by atoms with Gasteiger partial charge in [-0.15, -0.1) is 0 Å². The first kappa shape index (κ1) is 14.5. The number of halogens is 1. The van der Waals surface area contributed by atoms with E-state index in [4.69, 9.17) is 9.47 Å². The minimum Gasteiger partial charge on any atom is -0.491 e. The summed E-state index contributed by atoms with van der Waals surface area (Å²) in [4.78, 5) is 0. The summed E-state index contributed by atoms with van der Waals surface area (Å²) in [6, 6.07) is 4.08. The zero-order chi connectivity index (χ0) is 12.8. The fraction of sp³-hybridized carbons (Fsp3) is 0.571. The molecule has 0 heterocycles. The van der Waals surface area contributed by atoms with E-state index in [-0.39, 0.29) is 0 Å². The maximum Gasteiger partial charge on any atom is 0.120 e. The molecule has 1 rings (SSSR count). The number of aryl methyl sites for hydroxylation is 2. The lowest BCUT2D eigenvalue weighted by molar-refractivity contribution is 0.0818. The van der Waals surface area contributed by atoms with Crippen LogP contribution < -0.4 is 4.74 Å². The Balaban J connectivity index is 2.37. The number of ether oxygens (including phenoxy) is 2. The Bertz CT molecular complexity index is 338. The van der Waals surface area contributed by atoms with Crippen LogP contribution in [0.5, 0.6) is 5.75 Å². The van der Waals surface area contributed by atoms with Crippen LogP contribution in [0.3, 0.4) is 0 Å². The minimum atomic E-state index is 0.576. The summed E-state index contributed by atoms with van der Waals surface area (Å²) in [7, 11) is 0. The van der Waals surface area contributed by atoms with Gasteiger partial charge in [-0.1, -0.05) is 29.8 Å². The molecule has 17 heavy (non-hydrogen) atoms. The van der Waals surface area contributed by atoms with Crippen molar-refractivity contribution in [3.8, 4) is 5.75 Å². The molecule has 0 aliphatic carbocycles. The van der Waals surface area contributed by atoms with Gasteiger partial charge in [-0.25, -0.2) is 0 Å². The van der Waals surface area contributed by atoms with Crippen molar-refractivity contribution in [2.45, 2.75) is 27.7 Å². The monoisotopic (exact) mass is 300 g/mol.